The minimum Gasteiger partial charge on any atom is -0.545 e. The van der Waals surface area contributed by atoms with Gasteiger partial charge in [0.1, 0.15) is 6.61 Å². The Bertz CT molecular complexity index is 1190. The zero-order valence-corrected chi connectivity index (χ0v) is 18.9. The lowest BCUT2D eigenvalue weighted by molar-refractivity contribution is -0.255. The van der Waals surface area contributed by atoms with Crippen LogP contribution in [0.3, 0.4) is 0 Å². The van der Waals surface area contributed by atoms with Crippen molar-refractivity contribution in [2.45, 2.75) is 6.92 Å². The number of nitrogens with one attached hydrogen (secondary N) is 1. The summed E-state index contributed by atoms with van der Waals surface area (Å²) in [7, 11) is 0. The van der Waals surface area contributed by atoms with Gasteiger partial charge >= 0.3 is 0 Å². The van der Waals surface area contributed by atoms with Crippen LogP contribution in [0.15, 0.2) is 40.2 Å². The summed E-state index contributed by atoms with van der Waals surface area (Å²) in [5.74, 6) is 1.30. The molecule has 0 aromatic heterocycles. The largest absolute Gasteiger partial charge is 0.545 e. The number of ether oxygens (including phenoxy) is 2. The number of nitrogens with zero attached hydrogens (tertiary/aromatic N) is 1. The van der Waals surface area contributed by atoms with E-state index in [0.29, 0.717) is 34.3 Å². The summed E-state index contributed by atoms with van der Waals surface area (Å²) < 4.78 is 11.0. The molecule has 1 heterocycles. The molecule has 0 radical (unpaired) electrons. The number of aromatic carboxylic acids is 1. The topological polar surface area (TPSA) is 100 Å². The summed E-state index contributed by atoms with van der Waals surface area (Å²) in [4.78, 5) is 28.1. The van der Waals surface area contributed by atoms with Crippen molar-refractivity contribution in [2.75, 3.05) is 13.2 Å². The minimum atomic E-state index is -1.42. The molecule has 0 saturated carbocycles. The Balaban J connectivity index is 1.88. The second-order valence-electron chi connectivity index (χ2n) is 6.19. The summed E-state index contributed by atoms with van der Waals surface area (Å²) in [6.45, 7) is 2.22. The Morgan fingerprint density at radius 2 is 2.06 bits per heavy atom. The monoisotopic (exact) mass is 489 g/mol. The fourth-order valence-electron chi connectivity index (χ4n) is 2.68. The van der Waals surface area contributed by atoms with Crippen LogP contribution in [0.25, 0.3) is 6.08 Å². The van der Waals surface area contributed by atoms with Gasteiger partial charge in [-0.3, -0.25) is 4.79 Å². The van der Waals surface area contributed by atoms with Crippen molar-refractivity contribution in [1.82, 2.24) is 5.32 Å². The first-order chi connectivity index (χ1) is 15.3. The molecule has 2 aromatic carbocycles. The van der Waals surface area contributed by atoms with Crippen molar-refractivity contribution in [2.24, 2.45) is 4.99 Å². The van der Waals surface area contributed by atoms with Gasteiger partial charge in [-0.05, 0) is 60.7 Å². The first-order valence-electron chi connectivity index (χ1n) is 9.15. The van der Waals surface area contributed by atoms with Crippen molar-refractivity contribution < 1.29 is 24.2 Å². The highest BCUT2D eigenvalue weighted by Crippen LogP contribution is 2.38. The predicted octanol–water partition coefficient (Wildman–Crippen LogP) is 3.66. The molecule has 1 aliphatic heterocycles. The third-order valence-corrected chi connectivity index (χ3v) is 5.50. The van der Waals surface area contributed by atoms with E-state index in [0.717, 1.165) is 11.8 Å². The van der Waals surface area contributed by atoms with Gasteiger partial charge in [0, 0.05) is 10.6 Å². The number of benzene rings is 2. The molecule has 1 N–H and O–H groups in total. The van der Waals surface area contributed by atoms with Gasteiger partial charge < -0.3 is 24.7 Å². The summed E-state index contributed by atoms with van der Waals surface area (Å²) in [5, 5.41) is 14.4. The molecule has 32 heavy (non-hydrogen) atoms. The molecular formula is C22H15Cl2N2O5S-. The van der Waals surface area contributed by atoms with Crippen LogP contribution in [0.5, 0.6) is 11.5 Å². The van der Waals surface area contributed by atoms with E-state index in [1.807, 2.05) is 6.92 Å². The SMILES string of the molecule is C#CCOc1c(Cl)cc(/C=C2/SC(=Nc3ccc(Cl)c(C(=O)[O-])c3)NC2=O)cc1OCC. The van der Waals surface area contributed by atoms with Crippen molar-refractivity contribution in [1.29, 1.82) is 0 Å². The van der Waals surface area contributed by atoms with Crippen molar-refractivity contribution >= 4 is 63.8 Å². The summed E-state index contributed by atoms with van der Waals surface area (Å²) in [6.07, 6.45) is 6.86. The highest BCUT2D eigenvalue weighted by Gasteiger charge is 2.24. The predicted molar refractivity (Wildman–Crippen MR) is 124 cm³/mol. The molecule has 3 rings (SSSR count). The van der Waals surface area contributed by atoms with E-state index in [-0.39, 0.29) is 33.3 Å². The van der Waals surface area contributed by atoms with Crippen LogP contribution >= 0.6 is 35.0 Å². The van der Waals surface area contributed by atoms with E-state index in [4.69, 9.17) is 39.1 Å². The standard InChI is InChI=1S/C22H16Cl2N2O5S/c1-3-7-31-19-16(24)8-12(9-17(19)30-4-2)10-18-20(27)26-22(32-18)25-13-5-6-15(23)14(11-13)21(28)29/h1,5-6,8-11H,4,7H2,2H3,(H,28,29)(H,25,26,27)/p-1/b18-10+. The number of aliphatic imine (C=N–C) groups is 1. The molecule has 10 heteroatoms. The zero-order chi connectivity index (χ0) is 23.3. The second kappa shape index (κ2) is 10.5. The normalized spacial score (nSPS) is 15.5. The van der Waals surface area contributed by atoms with Gasteiger partial charge in [0.2, 0.25) is 0 Å². The Morgan fingerprint density at radius 1 is 1.28 bits per heavy atom. The summed E-state index contributed by atoms with van der Waals surface area (Å²) >= 11 is 13.2. The van der Waals surface area contributed by atoms with Crippen molar-refractivity contribution in [3.63, 3.8) is 0 Å². The van der Waals surface area contributed by atoms with E-state index in [2.05, 4.69) is 16.2 Å². The molecule has 2 aromatic rings. The molecule has 0 spiro atoms. The van der Waals surface area contributed by atoms with E-state index < -0.39 is 5.97 Å². The maximum Gasteiger partial charge on any atom is 0.264 e. The molecule has 0 unspecified atom stereocenters. The molecule has 1 saturated heterocycles. The maximum atomic E-state index is 12.4. The molecular weight excluding hydrogens is 475 g/mol. The third kappa shape index (κ3) is 5.56. The minimum absolute atomic E-state index is 0.0304. The number of amidine groups is 1. The number of hydrogen-bond acceptors (Lipinski definition) is 7. The highest BCUT2D eigenvalue weighted by atomic mass is 35.5. The van der Waals surface area contributed by atoms with Gasteiger partial charge in [-0.1, -0.05) is 29.1 Å². The molecule has 164 valence electrons. The lowest BCUT2D eigenvalue weighted by atomic mass is 10.2. The molecule has 1 aliphatic rings. The summed E-state index contributed by atoms with van der Waals surface area (Å²) in [5.41, 5.74) is 0.717. The van der Waals surface area contributed by atoms with Crippen molar-refractivity contribution in [3.05, 3.63) is 56.4 Å². The maximum absolute atomic E-state index is 12.4. The van der Waals surface area contributed by atoms with E-state index in [1.54, 1.807) is 18.2 Å². The number of carboxylic acid groups (broad SMARTS) is 1. The average molecular weight is 490 g/mol. The Hall–Kier alpha value is -3.12. The van der Waals surface area contributed by atoms with Gasteiger partial charge in [0.15, 0.2) is 16.7 Å². The number of carbonyl (C=O) groups is 2. The number of carboxylic acids is 1. The van der Waals surface area contributed by atoms with Crippen LogP contribution in [-0.4, -0.2) is 30.3 Å². The van der Waals surface area contributed by atoms with E-state index in [1.165, 1.54) is 18.2 Å². The van der Waals surface area contributed by atoms with Crippen LogP contribution in [0.2, 0.25) is 10.0 Å². The Kier molecular flexibility index (Phi) is 7.70. The van der Waals surface area contributed by atoms with E-state index in [9.17, 15) is 14.7 Å². The van der Waals surface area contributed by atoms with Crippen LogP contribution in [0.4, 0.5) is 5.69 Å². The number of amides is 1. The van der Waals surface area contributed by atoms with Gasteiger partial charge in [-0.25, -0.2) is 4.99 Å². The number of terminal acetylenes is 1. The number of carbonyl (C=O) groups excluding carboxylic acids is 2. The van der Waals surface area contributed by atoms with E-state index >= 15 is 0 Å². The van der Waals surface area contributed by atoms with Crippen molar-refractivity contribution in [3.8, 4) is 23.8 Å². The molecule has 1 fully saturated rings. The quantitative estimate of drug-likeness (QED) is 0.470. The molecule has 1 amide bonds. The molecule has 0 aliphatic carbocycles. The highest BCUT2D eigenvalue weighted by molar-refractivity contribution is 8.18. The Morgan fingerprint density at radius 3 is 2.75 bits per heavy atom. The second-order valence-corrected chi connectivity index (χ2v) is 8.03. The lowest BCUT2D eigenvalue weighted by Gasteiger charge is -2.13. The van der Waals surface area contributed by atoms with Crippen LogP contribution in [0.1, 0.15) is 22.8 Å². The fraction of sp³-hybridized carbons (Fsp3) is 0.136. The smallest absolute Gasteiger partial charge is 0.264 e. The summed E-state index contributed by atoms with van der Waals surface area (Å²) in [6, 6.07) is 7.49. The van der Waals surface area contributed by atoms with Gasteiger partial charge in [0.05, 0.1) is 28.2 Å². The molecule has 7 nitrogen and oxygen atoms in total. The third-order valence-electron chi connectivity index (χ3n) is 3.98. The first-order valence-corrected chi connectivity index (χ1v) is 10.7. The number of halogens is 2. The van der Waals surface area contributed by atoms with Crippen LogP contribution < -0.4 is 19.9 Å². The average Bonchev–Trinajstić information content (AvgIpc) is 3.07. The first kappa shape index (κ1) is 23.5. The number of hydrogen-bond donors (Lipinski definition) is 1. The number of rotatable bonds is 7. The van der Waals surface area contributed by atoms with Crippen LogP contribution in [0, 0.1) is 12.3 Å². The van der Waals surface area contributed by atoms with Crippen LogP contribution in [-0.2, 0) is 4.79 Å². The van der Waals surface area contributed by atoms with Gasteiger partial charge in [-0.15, -0.1) is 6.42 Å². The van der Waals surface area contributed by atoms with Gasteiger partial charge in [-0.2, -0.15) is 0 Å². The fourth-order valence-corrected chi connectivity index (χ4v) is 3.99. The molecule has 0 bridgehead atoms. The van der Waals surface area contributed by atoms with Gasteiger partial charge in [0.25, 0.3) is 5.91 Å². The molecule has 0 atom stereocenters. The Labute approximate surface area is 198 Å². The lowest BCUT2D eigenvalue weighted by Crippen LogP contribution is -2.22. The number of thioether (sulfide) groups is 1. The zero-order valence-electron chi connectivity index (χ0n) is 16.6.